The molecule has 2 heterocycles. The lowest BCUT2D eigenvalue weighted by Crippen LogP contribution is -2.03. The van der Waals surface area contributed by atoms with Gasteiger partial charge in [-0.3, -0.25) is 4.98 Å². The topological polar surface area (TPSA) is 30.7 Å². The van der Waals surface area contributed by atoms with Crippen molar-refractivity contribution in [1.82, 2.24) is 14.8 Å². The quantitative estimate of drug-likeness (QED) is 0.743. The average Bonchev–Trinajstić information content (AvgIpc) is 2.58. The van der Waals surface area contributed by atoms with Gasteiger partial charge in [0.05, 0.1) is 17.1 Å². The maximum Gasteiger partial charge on any atom is 0.0880 e. The molecule has 0 radical (unpaired) electrons. The molecule has 0 aliphatic carbocycles. The molecule has 0 N–H and O–H groups in total. The maximum atomic E-state index is 4.36. The molecule has 0 aliphatic heterocycles. The molecule has 0 aliphatic rings. The molecular formula is C12H13N3. The van der Waals surface area contributed by atoms with Gasteiger partial charge in [0.15, 0.2) is 0 Å². The largest absolute Gasteiger partial charge is 0.255 e. The van der Waals surface area contributed by atoms with Gasteiger partial charge in [0.1, 0.15) is 0 Å². The summed E-state index contributed by atoms with van der Waals surface area (Å²) in [6.45, 7) is 7.98. The van der Waals surface area contributed by atoms with Crippen LogP contribution in [0, 0.1) is 13.8 Å². The molecule has 0 atom stereocenters. The number of hydrogen-bond donors (Lipinski definition) is 0. The van der Waals surface area contributed by atoms with Gasteiger partial charge < -0.3 is 0 Å². The Morgan fingerprint density at radius 2 is 2.13 bits per heavy atom. The molecule has 2 aromatic rings. The molecule has 0 spiro atoms. The van der Waals surface area contributed by atoms with Gasteiger partial charge in [0, 0.05) is 11.9 Å². The molecular weight excluding hydrogens is 186 g/mol. The van der Waals surface area contributed by atoms with Crippen molar-refractivity contribution in [3.8, 4) is 0 Å². The van der Waals surface area contributed by atoms with Crippen LogP contribution >= 0.6 is 0 Å². The molecule has 0 fully saturated rings. The Balaban J connectivity index is 2.41. The summed E-state index contributed by atoms with van der Waals surface area (Å²) in [6.07, 6.45) is 1.76. The summed E-state index contributed by atoms with van der Waals surface area (Å²) in [6, 6.07) is 7.78. The molecule has 0 amide bonds. The van der Waals surface area contributed by atoms with Crippen LogP contribution in [0.2, 0.25) is 0 Å². The molecule has 3 heteroatoms. The number of nitrogens with zero attached hydrogens (tertiary/aromatic N) is 3. The summed E-state index contributed by atoms with van der Waals surface area (Å²) < 4.78 is 1.82. The van der Waals surface area contributed by atoms with Gasteiger partial charge >= 0.3 is 0 Å². The third-order valence-corrected chi connectivity index (χ3v) is 2.23. The number of rotatable bonds is 2. The minimum Gasteiger partial charge on any atom is -0.255 e. The molecule has 76 valence electrons. The minimum atomic E-state index is 0.807. The zero-order chi connectivity index (χ0) is 10.8. The van der Waals surface area contributed by atoms with Crippen molar-refractivity contribution >= 4 is 5.70 Å². The van der Waals surface area contributed by atoms with Crippen molar-refractivity contribution in [2.75, 3.05) is 0 Å². The van der Waals surface area contributed by atoms with E-state index in [1.165, 1.54) is 0 Å². The summed E-state index contributed by atoms with van der Waals surface area (Å²) in [5.41, 5.74) is 3.72. The van der Waals surface area contributed by atoms with Gasteiger partial charge in [-0.15, -0.1) is 0 Å². The first-order valence-electron chi connectivity index (χ1n) is 4.82. The molecule has 0 aromatic carbocycles. The van der Waals surface area contributed by atoms with Crippen LogP contribution in [0.4, 0.5) is 0 Å². The number of pyridine rings is 1. The van der Waals surface area contributed by atoms with E-state index in [4.69, 9.17) is 0 Å². The van der Waals surface area contributed by atoms with E-state index in [1.54, 1.807) is 6.20 Å². The van der Waals surface area contributed by atoms with E-state index < -0.39 is 0 Å². The second kappa shape index (κ2) is 3.69. The molecule has 0 saturated heterocycles. The average molecular weight is 199 g/mol. The Morgan fingerprint density at radius 3 is 2.67 bits per heavy atom. The van der Waals surface area contributed by atoms with Crippen LogP contribution < -0.4 is 0 Å². The van der Waals surface area contributed by atoms with Gasteiger partial charge in [-0.1, -0.05) is 12.6 Å². The van der Waals surface area contributed by atoms with Crippen molar-refractivity contribution in [2.45, 2.75) is 13.8 Å². The van der Waals surface area contributed by atoms with Crippen LogP contribution in [0.15, 0.2) is 37.0 Å². The monoisotopic (exact) mass is 199 g/mol. The highest BCUT2D eigenvalue weighted by molar-refractivity contribution is 5.60. The fourth-order valence-electron chi connectivity index (χ4n) is 1.54. The Kier molecular flexibility index (Phi) is 2.37. The highest BCUT2D eigenvalue weighted by Gasteiger charge is 2.06. The van der Waals surface area contributed by atoms with E-state index in [1.807, 2.05) is 42.8 Å². The molecule has 15 heavy (non-hydrogen) atoms. The lowest BCUT2D eigenvalue weighted by molar-refractivity contribution is 0.850. The normalized spacial score (nSPS) is 10.3. The Morgan fingerprint density at radius 1 is 1.33 bits per heavy atom. The molecule has 0 bridgehead atoms. The van der Waals surface area contributed by atoms with Gasteiger partial charge in [0.2, 0.25) is 0 Å². The number of aryl methyl sites for hydroxylation is 2. The Hall–Kier alpha value is -1.90. The molecule has 2 rings (SSSR count). The molecule has 2 aromatic heterocycles. The van der Waals surface area contributed by atoms with Crippen molar-refractivity contribution in [3.05, 3.63) is 54.1 Å². The highest BCUT2D eigenvalue weighted by Crippen LogP contribution is 2.14. The van der Waals surface area contributed by atoms with Crippen LogP contribution in [-0.2, 0) is 0 Å². The predicted octanol–water partition coefficient (Wildman–Crippen LogP) is 2.41. The van der Waals surface area contributed by atoms with Crippen molar-refractivity contribution < 1.29 is 0 Å². The number of aromatic nitrogens is 3. The van der Waals surface area contributed by atoms with Crippen LogP contribution in [0.3, 0.4) is 0 Å². The van der Waals surface area contributed by atoms with Gasteiger partial charge in [-0.25, -0.2) is 4.68 Å². The summed E-state index contributed by atoms with van der Waals surface area (Å²) in [5, 5.41) is 4.36. The second-order valence-corrected chi connectivity index (χ2v) is 3.50. The molecule has 0 saturated carbocycles. The zero-order valence-electron chi connectivity index (χ0n) is 8.94. The van der Waals surface area contributed by atoms with Crippen molar-refractivity contribution in [3.63, 3.8) is 0 Å². The van der Waals surface area contributed by atoms with E-state index in [-0.39, 0.29) is 0 Å². The van der Waals surface area contributed by atoms with Crippen LogP contribution in [0.25, 0.3) is 5.70 Å². The standard InChI is InChI=1S/C12H13N3/c1-9-8-10(2)15(14-9)11(3)12-6-4-5-7-13-12/h4-8H,3H2,1-2H3. The van der Waals surface area contributed by atoms with E-state index in [0.29, 0.717) is 0 Å². The smallest absolute Gasteiger partial charge is 0.0880 e. The maximum absolute atomic E-state index is 4.36. The van der Waals surface area contributed by atoms with Crippen molar-refractivity contribution in [1.29, 1.82) is 0 Å². The van der Waals surface area contributed by atoms with Crippen LogP contribution in [0.5, 0.6) is 0 Å². The van der Waals surface area contributed by atoms with Crippen molar-refractivity contribution in [2.24, 2.45) is 0 Å². The third-order valence-electron chi connectivity index (χ3n) is 2.23. The zero-order valence-corrected chi connectivity index (χ0v) is 8.94. The fourth-order valence-corrected chi connectivity index (χ4v) is 1.54. The third kappa shape index (κ3) is 1.81. The second-order valence-electron chi connectivity index (χ2n) is 3.50. The lowest BCUT2D eigenvalue weighted by Gasteiger charge is -2.06. The van der Waals surface area contributed by atoms with E-state index in [2.05, 4.69) is 16.7 Å². The predicted molar refractivity (Wildman–Crippen MR) is 60.4 cm³/mol. The van der Waals surface area contributed by atoms with Crippen LogP contribution in [-0.4, -0.2) is 14.8 Å². The highest BCUT2D eigenvalue weighted by atomic mass is 15.3. The van der Waals surface area contributed by atoms with Gasteiger partial charge in [-0.05, 0) is 32.0 Å². The van der Waals surface area contributed by atoms with E-state index in [0.717, 1.165) is 22.8 Å². The Labute approximate surface area is 89.1 Å². The Bertz CT molecular complexity index is 483. The van der Waals surface area contributed by atoms with E-state index >= 15 is 0 Å². The first-order valence-corrected chi connectivity index (χ1v) is 4.82. The molecule has 3 nitrogen and oxygen atoms in total. The minimum absolute atomic E-state index is 0.807. The van der Waals surface area contributed by atoms with Crippen LogP contribution in [0.1, 0.15) is 17.1 Å². The summed E-state index contributed by atoms with van der Waals surface area (Å²) in [7, 11) is 0. The lowest BCUT2D eigenvalue weighted by atomic mass is 10.3. The van der Waals surface area contributed by atoms with E-state index in [9.17, 15) is 0 Å². The molecule has 0 unspecified atom stereocenters. The van der Waals surface area contributed by atoms with Gasteiger partial charge in [-0.2, -0.15) is 5.10 Å². The summed E-state index contributed by atoms with van der Waals surface area (Å²) >= 11 is 0. The fraction of sp³-hybridized carbons (Fsp3) is 0.167. The number of hydrogen-bond acceptors (Lipinski definition) is 2. The van der Waals surface area contributed by atoms with Gasteiger partial charge in [0.25, 0.3) is 0 Å². The summed E-state index contributed by atoms with van der Waals surface area (Å²) in [5.74, 6) is 0. The first kappa shape index (κ1) is 9.65. The first-order chi connectivity index (χ1) is 7.18. The summed E-state index contributed by atoms with van der Waals surface area (Å²) in [4.78, 5) is 4.25. The SMILES string of the molecule is C=C(c1ccccn1)n1nc(C)cc1C.